The standard InChI is InChI=1S/C14H24N4O/c1-4-9-18(10-5-7-15)12-6-8-16-13(11-12)14(19)17(2)3/h6,8,11H,4-5,7,9-10,15H2,1-3H3. The molecule has 106 valence electrons. The van der Waals surface area contributed by atoms with E-state index < -0.39 is 0 Å². The van der Waals surface area contributed by atoms with Gasteiger partial charge in [0.2, 0.25) is 0 Å². The predicted octanol–water partition coefficient (Wildman–Crippen LogP) is 1.35. The molecule has 19 heavy (non-hydrogen) atoms. The van der Waals surface area contributed by atoms with Crippen LogP contribution in [0.1, 0.15) is 30.3 Å². The van der Waals surface area contributed by atoms with Gasteiger partial charge in [0.25, 0.3) is 5.91 Å². The molecule has 1 aromatic heterocycles. The van der Waals surface area contributed by atoms with Crippen LogP contribution in [-0.4, -0.2) is 49.5 Å². The normalized spacial score (nSPS) is 10.3. The molecule has 0 unspecified atom stereocenters. The van der Waals surface area contributed by atoms with Gasteiger partial charge in [0.1, 0.15) is 5.69 Å². The molecule has 1 amide bonds. The molecule has 0 aliphatic heterocycles. The first kappa shape index (κ1) is 15.4. The first-order chi connectivity index (χ1) is 9.10. The van der Waals surface area contributed by atoms with Crippen molar-refractivity contribution in [2.24, 2.45) is 5.73 Å². The molecule has 0 radical (unpaired) electrons. The molecule has 0 bridgehead atoms. The van der Waals surface area contributed by atoms with Crippen LogP contribution < -0.4 is 10.6 Å². The number of nitrogens with zero attached hydrogens (tertiary/aromatic N) is 3. The third kappa shape index (κ3) is 4.52. The summed E-state index contributed by atoms with van der Waals surface area (Å²) in [5.41, 5.74) is 7.09. The Morgan fingerprint density at radius 2 is 2.11 bits per heavy atom. The highest BCUT2D eigenvalue weighted by atomic mass is 16.2. The molecule has 0 spiro atoms. The van der Waals surface area contributed by atoms with Crippen molar-refractivity contribution in [1.29, 1.82) is 0 Å². The Bertz CT molecular complexity index is 406. The Balaban J connectivity index is 2.90. The Hall–Kier alpha value is -1.62. The molecule has 1 aromatic rings. The second-order valence-electron chi connectivity index (χ2n) is 4.73. The summed E-state index contributed by atoms with van der Waals surface area (Å²) in [7, 11) is 3.46. The summed E-state index contributed by atoms with van der Waals surface area (Å²) in [5, 5.41) is 0. The van der Waals surface area contributed by atoms with E-state index in [0.717, 1.165) is 31.6 Å². The maximum atomic E-state index is 11.9. The van der Waals surface area contributed by atoms with Gasteiger partial charge in [0, 0.05) is 39.1 Å². The first-order valence-electron chi connectivity index (χ1n) is 6.72. The zero-order valence-electron chi connectivity index (χ0n) is 12.1. The number of aromatic nitrogens is 1. The Morgan fingerprint density at radius 3 is 2.68 bits per heavy atom. The summed E-state index contributed by atoms with van der Waals surface area (Å²) in [5.74, 6) is -0.0721. The lowest BCUT2D eigenvalue weighted by Gasteiger charge is -2.24. The minimum Gasteiger partial charge on any atom is -0.371 e. The Morgan fingerprint density at radius 1 is 1.37 bits per heavy atom. The lowest BCUT2D eigenvalue weighted by atomic mass is 10.2. The van der Waals surface area contributed by atoms with Crippen LogP contribution >= 0.6 is 0 Å². The molecule has 0 saturated heterocycles. The average Bonchev–Trinajstić information content (AvgIpc) is 2.42. The Labute approximate surface area is 115 Å². The summed E-state index contributed by atoms with van der Waals surface area (Å²) in [6.07, 6.45) is 3.69. The minimum absolute atomic E-state index is 0.0721. The maximum Gasteiger partial charge on any atom is 0.272 e. The van der Waals surface area contributed by atoms with E-state index in [2.05, 4.69) is 16.8 Å². The molecule has 0 saturated carbocycles. The van der Waals surface area contributed by atoms with Crippen molar-refractivity contribution in [2.45, 2.75) is 19.8 Å². The van der Waals surface area contributed by atoms with Crippen LogP contribution in [0.25, 0.3) is 0 Å². The summed E-state index contributed by atoms with van der Waals surface area (Å²) in [6.45, 7) is 4.68. The van der Waals surface area contributed by atoms with E-state index in [1.54, 1.807) is 20.3 Å². The van der Waals surface area contributed by atoms with E-state index in [1.165, 1.54) is 4.90 Å². The monoisotopic (exact) mass is 264 g/mol. The first-order valence-corrected chi connectivity index (χ1v) is 6.72. The van der Waals surface area contributed by atoms with Crippen molar-refractivity contribution in [3.63, 3.8) is 0 Å². The van der Waals surface area contributed by atoms with Crippen LogP contribution in [0.5, 0.6) is 0 Å². The fourth-order valence-electron chi connectivity index (χ4n) is 1.88. The van der Waals surface area contributed by atoms with Crippen molar-refractivity contribution < 1.29 is 4.79 Å². The van der Waals surface area contributed by atoms with Crippen molar-refractivity contribution in [2.75, 3.05) is 38.6 Å². The van der Waals surface area contributed by atoms with Gasteiger partial charge in [-0.05, 0) is 31.5 Å². The molecule has 5 heteroatoms. The summed E-state index contributed by atoms with van der Waals surface area (Å²) in [6, 6.07) is 3.80. The number of anilines is 1. The highest BCUT2D eigenvalue weighted by Crippen LogP contribution is 2.16. The summed E-state index contributed by atoms with van der Waals surface area (Å²) in [4.78, 5) is 19.8. The van der Waals surface area contributed by atoms with Gasteiger partial charge in [-0.25, -0.2) is 0 Å². The number of rotatable bonds is 7. The Kier molecular flexibility index (Phi) is 6.29. The fraction of sp³-hybridized carbons (Fsp3) is 0.571. The van der Waals surface area contributed by atoms with E-state index >= 15 is 0 Å². The summed E-state index contributed by atoms with van der Waals surface area (Å²) < 4.78 is 0. The number of hydrogen-bond donors (Lipinski definition) is 1. The van der Waals surface area contributed by atoms with E-state index in [1.807, 2.05) is 12.1 Å². The molecular weight excluding hydrogens is 240 g/mol. The number of nitrogens with two attached hydrogens (primary N) is 1. The zero-order chi connectivity index (χ0) is 14.3. The van der Waals surface area contributed by atoms with E-state index in [9.17, 15) is 4.79 Å². The number of carbonyl (C=O) groups excluding carboxylic acids is 1. The minimum atomic E-state index is -0.0721. The highest BCUT2D eigenvalue weighted by Gasteiger charge is 2.12. The SMILES string of the molecule is CCCN(CCCN)c1ccnc(C(=O)N(C)C)c1. The third-order valence-electron chi connectivity index (χ3n) is 2.86. The van der Waals surface area contributed by atoms with Crippen LogP contribution in [-0.2, 0) is 0 Å². The molecule has 1 heterocycles. The molecule has 5 nitrogen and oxygen atoms in total. The third-order valence-corrected chi connectivity index (χ3v) is 2.86. The zero-order valence-corrected chi connectivity index (χ0v) is 12.1. The number of carbonyl (C=O) groups is 1. The molecule has 0 aliphatic rings. The van der Waals surface area contributed by atoms with Crippen LogP contribution in [0.2, 0.25) is 0 Å². The molecule has 0 fully saturated rings. The van der Waals surface area contributed by atoms with Gasteiger partial charge in [0.05, 0.1) is 0 Å². The van der Waals surface area contributed by atoms with E-state index in [-0.39, 0.29) is 5.91 Å². The van der Waals surface area contributed by atoms with Crippen LogP contribution in [0, 0.1) is 0 Å². The highest BCUT2D eigenvalue weighted by molar-refractivity contribution is 5.92. The van der Waals surface area contributed by atoms with Crippen molar-refractivity contribution in [1.82, 2.24) is 9.88 Å². The van der Waals surface area contributed by atoms with Crippen molar-refractivity contribution >= 4 is 11.6 Å². The molecule has 0 aliphatic carbocycles. The van der Waals surface area contributed by atoms with Gasteiger partial charge < -0.3 is 15.5 Å². The molecule has 0 atom stereocenters. The fourth-order valence-corrected chi connectivity index (χ4v) is 1.88. The lowest BCUT2D eigenvalue weighted by Crippen LogP contribution is -2.28. The molecular formula is C14H24N4O. The largest absolute Gasteiger partial charge is 0.371 e. The van der Waals surface area contributed by atoms with Crippen LogP contribution in [0.15, 0.2) is 18.3 Å². The molecule has 0 aromatic carbocycles. The van der Waals surface area contributed by atoms with Gasteiger partial charge in [-0.2, -0.15) is 0 Å². The van der Waals surface area contributed by atoms with E-state index in [4.69, 9.17) is 5.73 Å². The predicted molar refractivity (Wildman–Crippen MR) is 78.4 cm³/mol. The van der Waals surface area contributed by atoms with Gasteiger partial charge in [0.15, 0.2) is 0 Å². The molecule has 1 rings (SSSR count). The maximum absolute atomic E-state index is 11.9. The molecule has 2 N–H and O–H groups in total. The second kappa shape index (κ2) is 7.74. The van der Waals surface area contributed by atoms with Crippen LogP contribution in [0.3, 0.4) is 0 Å². The quantitative estimate of drug-likeness (QED) is 0.807. The second-order valence-corrected chi connectivity index (χ2v) is 4.73. The smallest absolute Gasteiger partial charge is 0.272 e. The average molecular weight is 264 g/mol. The summed E-state index contributed by atoms with van der Waals surface area (Å²) >= 11 is 0. The van der Waals surface area contributed by atoms with Gasteiger partial charge >= 0.3 is 0 Å². The van der Waals surface area contributed by atoms with Gasteiger partial charge in [-0.1, -0.05) is 6.92 Å². The number of hydrogen-bond acceptors (Lipinski definition) is 4. The number of amides is 1. The lowest BCUT2D eigenvalue weighted by molar-refractivity contribution is 0.0822. The topological polar surface area (TPSA) is 62.5 Å². The number of pyridine rings is 1. The van der Waals surface area contributed by atoms with Gasteiger partial charge in [-0.3, -0.25) is 9.78 Å². The van der Waals surface area contributed by atoms with Gasteiger partial charge in [-0.15, -0.1) is 0 Å². The van der Waals surface area contributed by atoms with Crippen molar-refractivity contribution in [3.8, 4) is 0 Å². The van der Waals surface area contributed by atoms with E-state index in [0.29, 0.717) is 12.2 Å². The van der Waals surface area contributed by atoms with Crippen LogP contribution in [0.4, 0.5) is 5.69 Å². The van der Waals surface area contributed by atoms with Crippen molar-refractivity contribution in [3.05, 3.63) is 24.0 Å².